The Balaban J connectivity index is 1.21. The maximum absolute atomic E-state index is 11.5. The van der Waals surface area contributed by atoms with E-state index in [4.69, 9.17) is 28.9 Å². The molecule has 0 radical (unpaired) electrons. The number of rotatable bonds is 14. The molecular weight excluding hydrogens is 626 g/mol. The molecule has 0 unspecified atom stereocenters. The van der Waals surface area contributed by atoms with E-state index in [0.29, 0.717) is 48.3 Å². The van der Waals surface area contributed by atoms with Crippen LogP contribution >= 0.6 is 0 Å². The van der Waals surface area contributed by atoms with Crippen molar-refractivity contribution in [2.45, 2.75) is 63.1 Å². The monoisotopic (exact) mass is 667 g/mol. The molecule has 5 heterocycles. The molecule has 0 aliphatic carbocycles. The van der Waals surface area contributed by atoms with E-state index >= 15 is 0 Å². The number of carbonyl (C=O) groups excluding carboxylic acids is 1. The van der Waals surface area contributed by atoms with E-state index in [0.717, 1.165) is 19.6 Å². The Morgan fingerprint density at radius 2 is 1.73 bits per heavy atom. The fourth-order valence-electron chi connectivity index (χ4n) is 6.64. The predicted molar refractivity (Wildman–Crippen MR) is 181 cm³/mol. The molecule has 3 N–H and O–H groups in total. The van der Waals surface area contributed by atoms with Gasteiger partial charge in [0.15, 0.2) is 35.4 Å². The van der Waals surface area contributed by atoms with E-state index in [9.17, 15) is 9.90 Å². The van der Waals surface area contributed by atoms with E-state index in [1.54, 1.807) is 10.9 Å². The fraction of sp³-hybridized carbons (Fsp3) is 0.429. The zero-order valence-electron chi connectivity index (χ0n) is 27.4. The van der Waals surface area contributed by atoms with Crippen molar-refractivity contribution in [1.29, 1.82) is 0 Å². The van der Waals surface area contributed by atoms with Crippen LogP contribution in [-0.2, 0) is 20.7 Å². The normalized spacial score (nSPS) is 21.3. The van der Waals surface area contributed by atoms with Crippen LogP contribution in [0.1, 0.15) is 67.3 Å². The number of benzene rings is 2. The summed E-state index contributed by atoms with van der Waals surface area (Å²) in [5.74, 6) is 1.58. The zero-order valence-corrected chi connectivity index (χ0v) is 27.4. The van der Waals surface area contributed by atoms with Gasteiger partial charge in [-0.05, 0) is 37.1 Å². The molecule has 2 fully saturated rings. The van der Waals surface area contributed by atoms with Gasteiger partial charge < -0.3 is 34.6 Å². The van der Waals surface area contributed by atoms with Gasteiger partial charge in [-0.3, -0.25) is 9.36 Å². The van der Waals surface area contributed by atoms with E-state index in [1.807, 2.05) is 43.3 Å². The van der Waals surface area contributed by atoms with Crippen molar-refractivity contribution in [2.75, 3.05) is 43.4 Å². The van der Waals surface area contributed by atoms with Crippen molar-refractivity contribution < 1.29 is 23.9 Å². The number of imidazole rings is 1. The standard InChI is InChI=1S/C35H41N9O5/c1-2-26-39-32(42-49-26)30-29(47-22-45)28(46)34(48-30)44-21-38-27-31(40-35(41-33(27)44)36-16-19-43-17-10-5-11-18-43)37-20-25(23-12-6-3-7-13-23)24-14-8-4-9-15-24/h3-4,6-9,12-15,21-22,25,28-30,34,46H,2,5,10-11,16-20H2,1H3,(H2,36,37,40,41)/t28-,29+,30+,34-/m1/s1. The van der Waals surface area contributed by atoms with Gasteiger partial charge in [0.25, 0.3) is 6.47 Å². The van der Waals surface area contributed by atoms with Crippen molar-refractivity contribution in [1.82, 2.24) is 34.6 Å². The molecule has 0 amide bonds. The zero-order chi connectivity index (χ0) is 33.6. The minimum absolute atomic E-state index is 0.0370. The van der Waals surface area contributed by atoms with Crippen LogP contribution in [0.3, 0.4) is 0 Å². The van der Waals surface area contributed by atoms with Crippen LogP contribution < -0.4 is 10.6 Å². The van der Waals surface area contributed by atoms with Gasteiger partial charge in [-0.25, -0.2) is 4.98 Å². The molecule has 2 aromatic carbocycles. The molecule has 2 saturated heterocycles. The SMILES string of the molecule is CCc1nc([C@H]2O[C@@H](n3cnc4c(NCC(c5ccccc5)c5ccccc5)nc(NCCN5CCCCC5)nc43)[C@H](O)[C@@H]2OC=O)no1. The second kappa shape index (κ2) is 15.1. The number of ether oxygens (including phenoxy) is 2. The molecule has 3 aromatic heterocycles. The molecule has 5 aromatic rings. The topological polar surface area (TPSA) is 166 Å². The third-order valence-corrected chi connectivity index (χ3v) is 9.20. The number of fused-ring (bicyclic) bond motifs is 1. The summed E-state index contributed by atoms with van der Waals surface area (Å²) in [4.78, 5) is 32.7. The van der Waals surface area contributed by atoms with Gasteiger partial charge in [0.1, 0.15) is 6.10 Å². The minimum Gasteiger partial charge on any atom is -0.458 e. The first-order valence-electron chi connectivity index (χ1n) is 16.9. The highest BCUT2D eigenvalue weighted by Crippen LogP contribution is 2.41. The summed E-state index contributed by atoms with van der Waals surface area (Å²) in [6.07, 6.45) is 1.42. The van der Waals surface area contributed by atoms with Crippen molar-refractivity contribution in [2.24, 2.45) is 0 Å². The lowest BCUT2D eigenvalue weighted by atomic mass is 9.91. The molecule has 7 rings (SSSR count). The van der Waals surface area contributed by atoms with E-state index < -0.39 is 24.5 Å². The van der Waals surface area contributed by atoms with E-state index in [1.165, 1.54) is 30.4 Å². The van der Waals surface area contributed by atoms with Crippen molar-refractivity contribution >= 4 is 29.4 Å². The fourth-order valence-corrected chi connectivity index (χ4v) is 6.64. The smallest absolute Gasteiger partial charge is 0.293 e. The van der Waals surface area contributed by atoms with Gasteiger partial charge in [-0.15, -0.1) is 0 Å². The van der Waals surface area contributed by atoms with Crippen molar-refractivity contribution in [3.63, 3.8) is 0 Å². The van der Waals surface area contributed by atoms with Crippen LogP contribution in [0.2, 0.25) is 0 Å². The number of aromatic nitrogens is 6. The Labute approximate surface area is 283 Å². The molecule has 0 spiro atoms. The summed E-state index contributed by atoms with van der Waals surface area (Å²) >= 11 is 0. The lowest BCUT2D eigenvalue weighted by Crippen LogP contribution is -2.34. The maximum Gasteiger partial charge on any atom is 0.293 e. The molecular formula is C35H41N9O5. The van der Waals surface area contributed by atoms with Crippen LogP contribution in [0.4, 0.5) is 11.8 Å². The quantitative estimate of drug-likeness (QED) is 0.145. The second-order valence-electron chi connectivity index (χ2n) is 12.3. The molecule has 49 heavy (non-hydrogen) atoms. The largest absolute Gasteiger partial charge is 0.458 e. The predicted octanol–water partition coefficient (Wildman–Crippen LogP) is 4.09. The number of carbonyl (C=O) groups is 1. The van der Waals surface area contributed by atoms with Gasteiger partial charge in [-0.2, -0.15) is 15.0 Å². The Morgan fingerprint density at radius 3 is 2.41 bits per heavy atom. The second-order valence-corrected chi connectivity index (χ2v) is 12.3. The highest BCUT2D eigenvalue weighted by Gasteiger charge is 2.49. The van der Waals surface area contributed by atoms with Crippen LogP contribution in [-0.4, -0.2) is 91.1 Å². The Morgan fingerprint density at radius 1 is 1.00 bits per heavy atom. The third kappa shape index (κ3) is 7.12. The van der Waals surface area contributed by atoms with Crippen LogP contribution in [0.5, 0.6) is 0 Å². The first-order chi connectivity index (χ1) is 24.1. The van der Waals surface area contributed by atoms with Crippen molar-refractivity contribution in [3.8, 4) is 0 Å². The number of nitrogens with zero attached hydrogens (tertiary/aromatic N) is 7. The Bertz CT molecular complexity index is 1770. The lowest BCUT2D eigenvalue weighted by molar-refractivity contribution is -0.140. The number of aliphatic hydroxyl groups excluding tert-OH is 1. The van der Waals surface area contributed by atoms with Crippen molar-refractivity contribution in [3.05, 3.63) is 89.8 Å². The first kappa shape index (κ1) is 32.6. The minimum atomic E-state index is -1.28. The average molecular weight is 668 g/mol. The van der Waals surface area contributed by atoms with E-state index in [-0.39, 0.29) is 18.2 Å². The summed E-state index contributed by atoms with van der Waals surface area (Å²) in [7, 11) is 0. The van der Waals surface area contributed by atoms with Gasteiger partial charge in [-0.1, -0.05) is 79.2 Å². The molecule has 4 atom stereocenters. The van der Waals surface area contributed by atoms with Gasteiger partial charge in [0, 0.05) is 32.0 Å². The van der Waals surface area contributed by atoms with Crippen LogP contribution in [0.25, 0.3) is 11.2 Å². The molecule has 0 saturated carbocycles. The first-order valence-corrected chi connectivity index (χ1v) is 16.9. The summed E-state index contributed by atoms with van der Waals surface area (Å²) in [6.45, 7) is 6.41. The Hall–Kier alpha value is -4.92. The van der Waals surface area contributed by atoms with E-state index in [2.05, 4.69) is 49.9 Å². The lowest BCUT2D eigenvalue weighted by Gasteiger charge is -2.26. The molecule has 14 heteroatoms. The maximum atomic E-state index is 11.5. The number of aliphatic hydroxyl groups is 1. The summed E-state index contributed by atoms with van der Waals surface area (Å²) in [5.41, 5.74) is 3.27. The number of piperidine rings is 1. The number of likely N-dealkylation sites (tertiary alicyclic amines) is 1. The number of nitrogens with one attached hydrogen (secondary N) is 2. The summed E-state index contributed by atoms with van der Waals surface area (Å²) in [5, 5.41) is 22.4. The molecule has 2 aliphatic heterocycles. The average Bonchev–Trinajstić information content (AvgIpc) is 3.88. The summed E-state index contributed by atoms with van der Waals surface area (Å²) < 4.78 is 18.5. The van der Waals surface area contributed by atoms with Gasteiger partial charge >= 0.3 is 0 Å². The van der Waals surface area contributed by atoms with Crippen LogP contribution in [0, 0.1) is 0 Å². The molecule has 256 valence electrons. The molecule has 14 nitrogen and oxygen atoms in total. The third-order valence-electron chi connectivity index (χ3n) is 9.20. The highest BCUT2D eigenvalue weighted by atomic mass is 16.6. The van der Waals surface area contributed by atoms with Gasteiger partial charge in [0.2, 0.25) is 17.7 Å². The van der Waals surface area contributed by atoms with Gasteiger partial charge in [0.05, 0.1) is 6.33 Å². The highest BCUT2D eigenvalue weighted by molar-refractivity contribution is 5.84. The summed E-state index contributed by atoms with van der Waals surface area (Å²) in [6, 6.07) is 20.7. The van der Waals surface area contributed by atoms with Crippen LogP contribution in [0.15, 0.2) is 71.5 Å². The molecule has 0 bridgehead atoms. The number of aryl methyl sites for hydroxylation is 1. The molecule has 2 aliphatic rings. The number of anilines is 2. The Kier molecular flexibility index (Phi) is 10.1. The number of hydrogen-bond acceptors (Lipinski definition) is 13. The number of hydrogen-bond donors (Lipinski definition) is 3.